The van der Waals surface area contributed by atoms with E-state index in [1.165, 1.54) is 11.8 Å². The molecule has 2 saturated heterocycles. The van der Waals surface area contributed by atoms with Gasteiger partial charge in [0.1, 0.15) is 11.1 Å². The minimum atomic E-state index is 0.101. The zero-order valence-corrected chi connectivity index (χ0v) is 19.0. The Balaban J connectivity index is 1.66. The summed E-state index contributed by atoms with van der Waals surface area (Å²) in [5.41, 5.74) is 0.522. The van der Waals surface area contributed by atoms with Gasteiger partial charge < -0.3 is 19.3 Å². The van der Waals surface area contributed by atoms with Crippen LogP contribution in [0.5, 0.6) is 0 Å². The molecule has 10 heteroatoms. The molecule has 4 heterocycles. The first kappa shape index (κ1) is 21.7. The topological polar surface area (TPSA) is 100 Å². The lowest BCUT2D eigenvalue weighted by molar-refractivity contribution is -0.00626. The van der Waals surface area contributed by atoms with Crippen molar-refractivity contribution in [3.63, 3.8) is 0 Å². The van der Waals surface area contributed by atoms with Gasteiger partial charge in [0.05, 0.1) is 30.0 Å². The van der Waals surface area contributed by atoms with Crippen molar-refractivity contribution < 1.29 is 9.47 Å². The van der Waals surface area contributed by atoms with Crippen LogP contribution in [-0.2, 0) is 9.47 Å². The summed E-state index contributed by atoms with van der Waals surface area (Å²) in [4.78, 5) is 23.0. The van der Waals surface area contributed by atoms with Gasteiger partial charge in [0.25, 0.3) is 0 Å². The molecule has 2 aromatic heterocycles. The number of hydrogen-bond acceptors (Lipinski definition) is 10. The molecule has 4 unspecified atom stereocenters. The lowest BCUT2D eigenvalue weighted by Gasteiger charge is -2.37. The van der Waals surface area contributed by atoms with E-state index >= 15 is 0 Å². The molecule has 4 atom stereocenters. The minimum absolute atomic E-state index is 0.101. The van der Waals surface area contributed by atoms with Gasteiger partial charge in [-0.3, -0.25) is 0 Å². The molecule has 0 bridgehead atoms. The molecule has 2 aliphatic rings. The van der Waals surface area contributed by atoms with Crippen molar-refractivity contribution in [1.29, 1.82) is 5.26 Å². The van der Waals surface area contributed by atoms with Crippen LogP contribution in [0, 0.1) is 11.3 Å². The van der Waals surface area contributed by atoms with Gasteiger partial charge >= 0.3 is 0 Å². The molecular formula is C21H27N7O2S. The summed E-state index contributed by atoms with van der Waals surface area (Å²) in [7, 11) is 0. The Hall–Kier alpha value is -2.48. The highest BCUT2D eigenvalue weighted by Gasteiger charge is 2.28. The highest BCUT2D eigenvalue weighted by molar-refractivity contribution is 7.99. The Morgan fingerprint density at radius 3 is 1.81 bits per heavy atom. The number of aromatic nitrogens is 4. The number of pyridine rings is 1. The number of hydrogen-bond donors (Lipinski definition) is 0. The molecule has 2 aliphatic heterocycles. The van der Waals surface area contributed by atoms with Crippen molar-refractivity contribution in [1.82, 2.24) is 19.9 Å². The number of rotatable bonds is 4. The molecule has 0 saturated carbocycles. The largest absolute Gasteiger partial charge is 0.372 e. The molecule has 2 aromatic rings. The fourth-order valence-corrected chi connectivity index (χ4v) is 4.63. The Morgan fingerprint density at radius 2 is 1.39 bits per heavy atom. The van der Waals surface area contributed by atoms with Crippen LogP contribution in [-0.4, -0.2) is 70.5 Å². The average Bonchev–Trinajstić information content (AvgIpc) is 2.73. The predicted octanol–water partition coefficient (Wildman–Crippen LogP) is 2.52. The van der Waals surface area contributed by atoms with Crippen molar-refractivity contribution in [3.05, 3.63) is 23.9 Å². The minimum Gasteiger partial charge on any atom is -0.372 e. The monoisotopic (exact) mass is 441 g/mol. The number of nitriles is 1. The Kier molecular flexibility index (Phi) is 6.55. The van der Waals surface area contributed by atoms with E-state index in [1.807, 2.05) is 6.07 Å². The second-order valence-electron chi connectivity index (χ2n) is 8.14. The van der Waals surface area contributed by atoms with Crippen LogP contribution >= 0.6 is 11.8 Å². The molecule has 0 spiro atoms. The Labute approximate surface area is 186 Å². The molecule has 0 amide bonds. The summed E-state index contributed by atoms with van der Waals surface area (Å²) in [6, 6.07) is 5.64. The summed E-state index contributed by atoms with van der Waals surface area (Å²) in [5, 5.41) is 10.3. The first-order chi connectivity index (χ1) is 14.9. The van der Waals surface area contributed by atoms with E-state index in [0.29, 0.717) is 22.6 Å². The zero-order valence-electron chi connectivity index (χ0n) is 18.2. The summed E-state index contributed by atoms with van der Waals surface area (Å²) in [6.07, 6.45) is 1.96. The van der Waals surface area contributed by atoms with E-state index in [-0.39, 0.29) is 24.4 Å². The normalized spacial score (nSPS) is 26.5. The summed E-state index contributed by atoms with van der Waals surface area (Å²) >= 11 is 1.37. The first-order valence-corrected chi connectivity index (χ1v) is 11.3. The summed E-state index contributed by atoms with van der Waals surface area (Å²) < 4.78 is 11.8. The first-order valence-electron chi connectivity index (χ1n) is 10.5. The van der Waals surface area contributed by atoms with Gasteiger partial charge in [-0.2, -0.15) is 20.2 Å². The predicted molar refractivity (Wildman–Crippen MR) is 117 cm³/mol. The second-order valence-corrected chi connectivity index (χ2v) is 9.13. The van der Waals surface area contributed by atoms with E-state index in [2.05, 4.69) is 48.5 Å². The third-order valence-corrected chi connectivity index (χ3v) is 5.87. The lowest BCUT2D eigenvalue weighted by atomic mass is 10.2. The average molecular weight is 442 g/mol. The Morgan fingerprint density at radius 1 is 0.871 bits per heavy atom. The number of anilines is 2. The smallest absolute Gasteiger partial charge is 0.231 e. The van der Waals surface area contributed by atoms with Crippen molar-refractivity contribution in [3.8, 4) is 6.07 Å². The van der Waals surface area contributed by atoms with E-state index in [9.17, 15) is 0 Å². The summed E-state index contributed by atoms with van der Waals surface area (Å²) in [5.74, 6) is 1.30. The van der Waals surface area contributed by atoms with E-state index in [4.69, 9.17) is 29.7 Å². The zero-order chi connectivity index (χ0) is 22.0. The molecule has 0 N–H and O–H groups in total. The van der Waals surface area contributed by atoms with Crippen molar-refractivity contribution >= 4 is 23.7 Å². The van der Waals surface area contributed by atoms with Gasteiger partial charge in [-0.1, -0.05) is 0 Å². The summed E-state index contributed by atoms with van der Waals surface area (Å²) in [6.45, 7) is 11.1. The highest BCUT2D eigenvalue weighted by atomic mass is 32.2. The van der Waals surface area contributed by atoms with Gasteiger partial charge in [0.2, 0.25) is 17.1 Å². The standard InChI is InChI=1S/C21H27N7O2S/c1-13-9-27(10-14(2)29-13)19-24-20(28-11-15(3)30-16(4)12-28)26-21(25-19)31-18-6-5-17(7-22)8-23-18/h5-6,8,13-16H,9-12H2,1-4H3. The van der Waals surface area contributed by atoms with Crippen molar-refractivity contribution in [2.75, 3.05) is 36.0 Å². The second kappa shape index (κ2) is 9.34. The number of nitrogens with zero attached hydrogens (tertiary/aromatic N) is 7. The van der Waals surface area contributed by atoms with Crippen LogP contribution < -0.4 is 9.80 Å². The maximum atomic E-state index is 9.00. The molecule has 9 nitrogen and oxygen atoms in total. The third-order valence-electron chi connectivity index (χ3n) is 5.06. The molecular weight excluding hydrogens is 414 g/mol. The van der Waals surface area contributed by atoms with E-state index in [1.54, 1.807) is 12.3 Å². The van der Waals surface area contributed by atoms with Crippen LogP contribution in [0.2, 0.25) is 0 Å². The highest BCUT2D eigenvalue weighted by Crippen LogP contribution is 2.28. The molecule has 2 fully saturated rings. The lowest BCUT2D eigenvalue weighted by Crippen LogP contribution is -2.48. The van der Waals surface area contributed by atoms with E-state index in [0.717, 1.165) is 31.2 Å². The van der Waals surface area contributed by atoms with Gasteiger partial charge in [-0.25, -0.2) is 4.98 Å². The number of ether oxygens (including phenoxy) is 2. The molecule has 4 rings (SSSR count). The van der Waals surface area contributed by atoms with Crippen molar-refractivity contribution in [2.45, 2.75) is 62.3 Å². The molecule has 31 heavy (non-hydrogen) atoms. The SMILES string of the molecule is CC1CN(c2nc(Sc3ccc(C#N)cn3)nc(N3CC(C)OC(C)C3)n2)CC(C)O1. The maximum Gasteiger partial charge on any atom is 0.231 e. The number of morpholine rings is 2. The quantitative estimate of drug-likeness (QED) is 0.703. The van der Waals surface area contributed by atoms with Gasteiger partial charge in [0, 0.05) is 32.4 Å². The fraction of sp³-hybridized carbons (Fsp3) is 0.571. The van der Waals surface area contributed by atoms with Crippen LogP contribution in [0.1, 0.15) is 33.3 Å². The van der Waals surface area contributed by atoms with E-state index < -0.39 is 0 Å². The van der Waals surface area contributed by atoms with Crippen LogP contribution in [0.3, 0.4) is 0 Å². The van der Waals surface area contributed by atoms with Gasteiger partial charge in [-0.15, -0.1) is 0 Å². The van der Waals surface area contributed by atoms with Gasteiger partial charge in [-0.05, 0) is 51.6 Å². The molecule has 164 valence electrons. The van der Waals surface area contributed by atoms with Crippen LogP contribution in [0.15, 0.2) is 28.5 Å². The molecule has 0 aromatic carbocycles. The third kappa shape index (κ3) is 5.42. The van der Waals surface area contributed by atoms with Gasteiger partial charge in [0.15, 0.2) is 0 Å². The van der Waals surface area contributed by atoms with Crippen molar-refractivity contribution in [2.24, 2.45) is 0 Å². The van der Waals surface area contributed by atoms with Crippen LogP contribution in [0.25, 0.3) is 0 Å². The Bertz CT molecular complexity index is 887. The fourth-order valence-electron chi connectivity index (χ4n) is 3.95. The maximum absolute atomic E-state index is 9.00. The van der Waals surface area contributed by atoms with Crippen LogP contribution in [0.4, 0.5) is 11.9 Å². The molecule has 0 radical (unpaired) electrons. The molecule has 0 aliphatic carbocycles.